The van der Waals surface area contributed by atoms with Gasteiger partial charge in [-0.2, -0.15) is 17.6 Å². The Bertz CT molecular complexity index is 663. The number of alkyl halides is 4. The van der Waals surface area contributed by atoms with Crippen LogP contribution in [0.2, 0.25) is 0 Å². The first-order valence-corrected chi connectivity index (χ1v) is 7.45. The molecule has 132 valence electrons. The number of hydrogen-bond acceptors (Lipinski definition) is 1. The monoisotopic (exact) mass is 350 g/mol. The molecule has 24 heavy (non-hydrogen) atoms. The highest BCUT2D eigenvalue weighted by molar-refractivity contribution is 5.35. The zero-order valence-electron chi connectivity index (χ0n) is 12.9. The molecule has 0 aromatic heterocycles. The summed E-state index contributed by atoms with van der Waals surface area (Å²) < 4.78 is 86.4. The van der Waals surface area contributed by atoms with Crippen molar-refractivity contribution < 1.29 is 31.1 Å². The van der Waals surface area contributed by atoms with Gasteiger partial charge in [0, 0.05) is 5.57 Å². The van der Waals surface area contributed by atoms with Crippen molar-refractivity contribution in [1.29, 1.82) is 0 Å². The summed E-state index contributed by atoms with van der Waals surface area (Å²) in [5, 5.41) is 0. The molecule has 1 aromatic rings. The third-order valence-electron chi connectivity index (χ3n) is 3.80. The number of hydrogen-bond donors (Lipinski definition) is 0. The van der Waals surface area contributed by atoms with E-state index in [-0.39, 0.29) is 31.4 Å². The molecular weight excluding hydrogens is 334 g/mol. The Morgan fingerprint density at radius 2 is 1.71 bits per heavy atom. The van der Waals surface area contributed by atoms with Crippen LogP contribution in [0.25, 0.3) is 0 Å². The first-order valence-electron chi connectivity index (χ1n) is 7.45. The van der Waals surface area contributed by atoms with Gasteiger partial charge in [0.15, 0.2) is 17.4 Å². The van der Waals surface area contributed by atoms with E-state index >= 15 is 0 Å². The van der Waals surface area contributed by atoms with Gasteiger partial charge in [-0.15, -0.1) is 0 Å². The molecule has 0 atom stereocenters. The molecule has 1 nitrogen and oxygen atoms in total. The normalized spacial score (nSPS) is 18.8. The van der Waals surface area contributed by atoms with Crippen LogP contribution in [-0.4, -0.2) is 18.5 Å². The van der Waals surface area contributed by atoms with Crippen molar-refractivity contribution in [3.8, 4) is 0 Å². The summed E-state index contributed by atoms with van der Waals surface area (Å²) in [6, 6.07) is 3.64. The van der Waals surface area contributed by atoms with Crippen molar-refractivity contribution in [2.24, 2.45) is 0 Å². The Balaban J connectivity index is 1.98. The van der Waals surface area contributed by atoms with Gasteiger partial charge < -0.3 is 4.74 Å². The summed E-state index contributed by atoms with van der Waals surface area (Å²) in [7, 11) is 0. The molecule has 0 fully saturated rings. The number of allylic oxidation sites excluding steroid dienone is 4. The molecule has 0 bridgehead atoms. The van der Waals surface area contributed by atoms with Gasteiger partial charge in [-0.25, -0.2) is 8.78 Å². The molecular formula is C17H16F6O. The van der Waals surface area contributed by atoms with Crippen molar-refractivity contribution in [2.45, 2.75) is 38.0 Å². The lowest BCUT2D eigenvalue weighted by molar-refractivity contribution is -0.186. The summed E-state index contributed by atoms with van der Waals surface area (Å²) >= 11 is 0. The molecule has 2 rings (SSSR count). The van der Waals surface area contributed by atoms with Crippen molar-refractivity contribution >= 4 is 0 Å². The van der Waals surface area contributed by atoms with Crippen LogP contribution < -0.4 is 0 Å². The molecule has 0 heterocycles. The first kappa shape index (κ1) is 18.4. The summed E-state index contributed by atoms with van der Waals surface area (Å²) in [6.45, 7) is 1.05. The molecule has 0 unspecified atom stereocenters. The molecule has 0 saturated carbocycles. The van der Waals surface area contributed by atoms with Gasteiger partial charge in [-0.05, 0) is 37.0 Å². The Morgan fingerprint density at radius 3 is 2.38 bits per heavy atom. The predicted molar refractivity (Wildman–Crippen MR) is 77.0 cm³/mol. The molecule has 0 amide bonds. The molecule has 7 heteroatoms. The maximum Gasteiger partial charge on any atom is 0.369 e. The van der Waals surface area contributed by atoms with E-state index in [2.05, 4.69) is 0 Å². The van der Waals surface area contributed by atoms with E-state index in [4.69, 9.17) is 4.74 Å². The third kappa shape index (κ3) is 3.30. The Kier molecular flexibility index (Phi) is 5.30. The van der Waals surface area contributed by atoms with E-state index < -0.39 is 34.8 Å². The van der Waals surface area contributed by atoms with Crippen LogP contribution in [-0.2, 0) is 11.2 Å². The molecule has 0 saturated heterocycles. The topological polar surface area (TPSA) is 9.23 Å². The van der Waals surface area contributed by atoms with Gasteiger partial charge in [-0.3, -0.25) is 0 Å². The summed E-state index contributed by atoms with van der Waals surface area (Å²) in [4.78, 5) is 0. The fraction of sp³-hybridized carbons (Fsp3) is 0.412. The van der Waals surface area contributed by atoms with E-state index in [0.29, 0.717) is 0 Å². The summed E-state index contributed by atoms with van der Waals surface area (Å²) in [5.41, 5.74) is -0.594. The molecule has 1 aliphatic carbocycles. The van der Waals surface area contributed by atoms with Crippen molar-refractivity contribution in [3.63, 3.8) is 0 Å². The minimum atomic E-state index is -4.43. The second kappa shape index (κ2) is 6.91. The largest absolute Gasteiger partial charge is 0.491 e. The minimum Gasteiger partial charge on any atom is -0.491 e. The average Bonchev–Trinajstić information content (AvgIpc) is 2.52. The van der Waals surface area contributed by atoms with Gasteiger partial charge >= 0.3 is 11.8 Å². The van der Waals surface area contributed by atoms with E-state index in [1.807, 2.05) is 0 Å². The summed E-state index contributed by atoms with van der Waals surface area (Å²) in [6.07, 6.45) is 1.67. The molecule has 1 aromatic carbocycles. The van der Waals surface area contributed by atoms with Crippen LogP contribution in [0.1, 0.15) is 25.3 Å². The van der Waals surface area contributed by atoms with E-state index in [1.54, 1.807) is 0 Å². The zero-order valence-corrected chi connectivity index (χ0v) is 12.9. The van der Waals surface area contributed by atoms with Gasteiger partial charge in [-0.1, -0.05) is 25.1 Å². The minimum absolute atomic E-state index is 0.0366. The molecule has 0 spiro atoms. The van der Waals surface area contributed by atoms with Crippen molar-refractivity contribution in [3.05, 3.63) is 58.9 Å². The maximum absolute atomic E-state index is 13.9. The van der Waals surface area contributed by atoms with E-state index in [9.17, 15) is 26.3 Å². The van der Waals surface area contributed by atoms with Gasteiger partial charge in [0.2, 0.25) is 0 Å². The molecule has 0 N–H and O–H groups in total. The van der Waals surface area contributed by atoms with Crippen LogP contribution in [0.4, 0.5) is 26.3 Å². The molecule has 0 aliphatic heterocycles. The number of ether oxygens (including phenoxy) is 1. The number of benzene rings is 1. The second-order valence-corrected chi connectivity index (χ2v) is 5.39. The maximum atomic E-state index is 13.9. The zero-order chi connectivity index (χ0) is 18.0. The van der Waals surface area contributed by atoms with E-state index in [0.717, 1.165) is 18.2 Å². The standard InChI is InChI=1S/C17H16F6O/c1-2-12-8-9-14(17(22,23)16(12,20)21)24-10-4-6-11-5-3-7-13(18)15(11)19/h3,5,7-9H,2,4,6,10H2,1H3. The van der Waals surface area contributed by atoms with Crippen molar-refractivity contribution in [2.75, 3.05) is 6.61 Å². The van der Waals surface area contributed by atoms with Gasteiger partial charge in [0.1, 0.15) is 0 Å². The molecule has 0 radical (unpaired) electrons. The average molecular weight is 350 g/mol. The lowest BCUT2D eigenvalue weighted by atomic mass is 9.93. The SMILES string of the molecule is CCC1=CC=C(OCCCc2cccc(F)c2F)C(F)(F)C1(F)F. The Hall–Kier alpha value is -1.92. The van der Waals surface area contributed by atoms with Crippen LogP contribution in [0.15, 0.2) is 41.7 Å². The smallest absolute Gasteiger partial charge is 0.369 e. The predicted octanol–water partition coefficient (Wildman–Crippen LogP) is 5.42. The van der Waals surface area contributed by atoms with Gasteiger partial charge in [0.05, 0.1) is 6.61 Å². The van der Waals surface area contributed by atoms with Gasteiger partial charge in [0.25, 0.3) is 0 Å². The number of rotatable bonds is 6. The van der Waals surface area contributed by atoms with Crippen LogP contribution in [0, 0.1) is 11.6 Å². The third-order valence-corrected chi connectivity index (χ3v) is 3.80. The molecule has 1 aliphatic rings. The Morgan fingerprint density at radius 1 is 1.00 bits per heavy atom. The summed E-state index contributed by atoms with van der Waals surface area (Å²) in [5.74, 6) is -11.9. The van der Waals surface area contributed by atoms with Crippen LogP contribution in [0.3, 0.4) is 0 Å². The highest BCUT2D eigenvalue weighted by atomic mass is 19.3. The second-order valence-electron chi connectivity index (χ2n) is 5.39. The number of aryl methyl sites for hydroxylation is 1. The van der Waals surface area contributed by atoms with Crippen LogP contribution in [0.5, 0.6) is 0 Å². The Labute approximate surface area is 135 Å². The highest BCUT2D eigenvalue weighted by Gasteiger charge is 2.62. The van der Waals surface area contributed by atoms with E-state index in [1.165, 1.54) is 19.1 Å². The lowest BCUT2D eigenvalue weighted by Gasteiger charge is -2.32. The first-order chi connectivity index (χ1) is 11.2. The highest BCUT2D eigenvalue weighted by Crippen LogP contribution is 2.48. The lowest BCUT2D eigenvalue weighted by Crippen LogP contribution is -2.45. The van der Waals surface area contributed by atoms with Crippen molar-refractivity contribution in [1.82, 2.24) is 0 Å². The quantitative estimate of drug-likeness (QED) is 0.492. The fourth-order valence-electron chi connectivity index (χ4n) is 2.41. The fourth-order valence-corrected chi connectivity index (χ4v) is 2.41. The van der Waals surface area contributed by atoms with Crippen LogP contribution >= 0.6 is 0 Å². The number of halogens is 6.